The van der Waals surface area contributed by atoms with Crippen molar-refractivity contribution >= 4 is 49.8 Å². The number of aromatic nitrogens is 1. The minimum atomic E-state index is -3.73. The van der Waals surface area contributed by atoms with Gasteiger partial charge >= 0.3 is 0 Å². The van der Waals surface area contributed by atoms with Crippen molar-refractivity contribution in [2.45, 2.75) is 9.79 Å². The number of benzene rings is 2. The second-order valence-electron chi connectivity index (χ2n) is 5.14. The Kier molecular flexibility index (Phi) is 5.60. The molecule has 0 bridgehead atoms. The van der Waals surface area contributed by atoms with E-state index in [0.29, 0.717) is 5.69 Å². The average molecular weight is 406 g/mol. The van der Waals surface area contributed by atoms with Crippen LogP contribution in [-0.2, 0) is 10.0 Å². The molecule has 2 aromatic carbocycles. The van der Waals surface area contributed by atoms with Crippen LogP contribution in [0.1, 0.15) is 10.5 Å². The fourth-order valence-electron chi connectivity index (χ4n) is 2.09. The van der Waals surface area contributed by atoms with Gasteiger partial charge in [0.25, 0.3) is 15.9 Å². The first-order valence-corrected chi connectivity index (χ1v) is 11.1. The average Bonchev–Trinajstić information content (AvgIpc) is 3.10. The summed E-state index contributed by atoms with van der Waals surface area (Å²) in [4.78, 5) is 17.5. The van der Waals surface area contributed by atoms with E-state index < -0.39 is 15.9 Å². The lowest BCUT2D eigenvalue weighted by Gasteiger charge is -2.05. The number of sulfonamides is 1. The minimum absolute atomic E-state index is 0.134. The number of amides is 1. The highest BCUT2D eigenvalue weighted by Gasteiger charge is 2.17. The van der Waals surface area contributed by atoms with Gasteiger partial charge in [-0.05, 0) is 36.6 Å². The third-order valence-electron chi connectivity index (χ3n) is 3.34. The van der Waals surface area contributed by atoms with E-state index in [1.807, 2.05) is 24.5 Å². The number of rotatable bonds is 6. The van der Waals surface area contributed by atoms with Crippen molar-refractivity contribution in [3.05, 3.63) is 65.7 Å². The monoisotopic (exact) mass is 405 g/mol. The molecule has 26 heavy (non-hydrogen) atoms. The Morgan fingerprint density at radius 3 is 2.62 bits per heavy atom. The number of nitrogens with one attached hydrogen (secondary N) is 2. The molecule has 0 saturated heterocycles. The standard InChI is InChI=1S/C17H15N3O3S3/c1-24-13-7-5-6-12(10-13)18-16(21)15-11-25-17(19-15)20-26(22,23)14-8-3-2-4-9-14/h2-11H,1H3,(H,18,21)(H,19,20). The molecule has 1 heterocycles. The molecule has 0 radical (unpaired) electrons. The van der Waals surface area contributed by atoms with Gasteiger partial charge in [0.1, 0.15) is 5.69 Å². The summed E-state index contributed by atoms with van der Waals surface area (Å²) in [6.07, 6.45) is 1.95. The normalized spacial score (nSPS) is 11.1. The van der Waals surface area contributed by atoms with Crippen molar-refractivity contribution in [3.8, 4) is 0 Å². The number of hydrogen-bond acceptors (Lipinski definition) is 6. The Morgan fingerprint density at radius 1 is 1.12 bits per heavy atom. The molecule has 0 aliphatic rings. The first-order valence-electron chi connectivity index (χ1n) is 7.47. The van der Waals surface area contributed by atoms with Gasteiger partial charge in [0.05, 0.1) is 4.90 Å². The van der Waals surface area contributed by atoms with E-state index in [1.165, 1.54) is 17.5 Å². The van der Waals surface area contributed by atoms with E-state index in [4.69, 9.17) is 0 Å². The van der Waals surface area contributed by atoms with Crippen LogP contribution in [0, 0.1) is 0 Å². The van der Waals surface area contributed by atoms with Gasteiger partial charge in [-0.3, -0.25) is 9.52 Å². The summed E-state index contributed by atoms with van der Waals surface area (Å²) in [5, 5.41) is 4.40. The van der Waals surface area contributed by atoms with Crippen molar-refractivity contribution < 1.29 is 13.2 Å². The number of carbonyl (C=O) groups is 1. The molecule has 1 amide bonds. The van der Waals surface area contributed by atoms with Gasteiger partial charge < -0.3 is 5.32 Å². The van der Waals surface area contributed by atoms with Gasteiger partial charge in [-0.1, -0.05) is 24.3 Å². The molecule has 0 atom stereocenters. The second-order valence-corrected chi connectivity index (χ2v) is 8.56. The van der Waals surface area contributed by atoms with Crippen LogP contribution in [0.15, 0.2) is 69.8 Å². The number of nitrogens with zero attached hydrogens (tertiary/aromatic N) is 1. The zero-order chi connectivity index (χ0) is 18.6. The topological polar surface area (TPSA) is 88.2 Å². The summed E-state index contributed by atoms with van der Waals surface area (Å²) < 4.78 is 27.0. The summed E-state index contributed by atoms with van der Waals surface area (Å²) in [5.74, 6) is -0.398. The lowest BCUT2D eigenvalue weighted by atomic mass is 10.3. The minimum Gasteiger partial charge on any atom is -0.321 e. The molecule has 6 nitrogen and oxygen atoms in total. The maximum absolute atomic E-state index is 12.3. The molecule has 0 aliphatic carbocycles. The van der Waals surface area contributed by atoms with Crippen LogP contribution in [0.2, 0.25) is 0 Å². The lowest BCUT2D eigenvalue weighted by Crippen LogP contribution is -2.14. The van der Waals surface area contributed by atoms with E-state index in [-0.39, 0.29) is 15.7 Å². The number of hydrogen-bond donors (Lipinski definition) is 2. The van der Waals surface area contributed by atoms with Crippen molar-refractivity contribution in [2.75, 3.05) is 16.3 Å². The van der Waals surface area contributed by atoms with Crippen LogP contribution in [0.5, 0.6) is 0 Å². The third-order valence-corrected chi connectivity index (χ3v) is 6.31. The van der Waals surface area contributed by atoms with Crippen LogP contribution in [0.25, 0.3) is 0 Å². The lowest BCUT2D eigenvalue weighted by molar-refractivity contribution is 0.102. The van der Waals surface area contributed by atoms with Gasteiger partial charge in [0, 0.05) is 16.0 Å². The Bertz CT molecular complexity index is 1020. The molecule has 0 unspecified atom stereocenters. The zero-order valence-electron chi connectivity index (χ0n) is 13.7. The van der Waals surface area contributed by atoms with E-state index in [2.05, 4.69) is 15.0 Å². The molecule has 9 heteroatoms. The van der Waals surface area contributed by atoms with Gasteiger partial charge in [0.15, 0.2) is 5.13 Å². The predicted molar refractivity (Wildman–Crippen MR) is 106 cm³/mol. The van der Waals surface area contributed by atoms with E-state index in [0.717, 1.165) is 16.2 Å². The molecule has 2 N–H and O–H groups in total. The van der Waals surface area contributed by atoms with Gasteiger partial charge in [0.2, 0.25) is 0 Å². The fraction of sp³-hybridized carbons (Fsp3) is 0.0588. The third kappa shape index (κ3) is 4.43. The molecule has 3 aromatic rings. The summed E-state index contributed by atoms with van der Waals surface area (Å²) in [7, 11) is -3.73. The van der Waals surface area contributed by atoms with Gasteiger partial charge in [-0.15, -0.1) is 23.1 Å². The molecule has 0 aliphatic heterocycles. The van der Waals surface area contributed by atoms with Gasteiger partial charge in [-0.2, -0.15) is 0 Å². The number of carbonyl (C=O) groups excluding carboxylic acids is 1. The van der Waals surface area contributed by atoms with E-state index >= 15 is 0 Å². The molecule has 1 aromatic heterocycles. The highest BCUT2D eigenvalue weighted by Crippen LogP contribution is 2.22. The van der Waals surface area contributed by atoms with Crippen LogP contribution >= 0.6 is 23.1 Å². The Balaban J connectivity index is 1.72. The fourth-order valence-corrected chi connectivity index (χ4v) is 4.52. The molecule has 0 fully saturated rings. The van der Waals surface area contributed by atoms with Crippen LogP contribution in [0.3, 0.4) is 0 Å². The summed E-state index contributed by atoms with van der Waals surface area (Å²) >= 11 is 2.62. The van der Waals surface area contributed by atoms with Crippen molar-refractivity contribution in [1.29, 1.82) is 0 Å². The van der Waals surface area contributed by atoms with Crippen LogP contribution < -0.4 is 10.0 Å². The summed E-state index contributed by atoms with van der Waals surface area (Å²) in [6.45, 7) is 0. The van der Waals surface area contributed by atoms with Crippen LogP contribution in [-0.4, -0.2) is 25.6 Å². The van der Waals surface area contributed by atoms with E-state index in [9.17, 15) is 13.2 Å². The Hall–Kier alpha value is -2.36. The maximum Gasteiger partial charge on any atom is 0.275 e. The molecule has 134 valence electrons. The molecule has 0 saturated carbocycles. The number of anilines is 2. The highest BCUT2D eigenvalue weighted by atomic mass is 32.2. The predicted octanol–water partition coefficient (Wildman–Crippen LogP) is 3.92. The number of thioether (sulfide) groups is 1. The van der Waals surface area contributed by atoms with E-state index in [1.54, 1.807) is 36.0 Å². The Labute approximate surface area is 159 Å². The summed E-state index contributed by atoms with van der Waals surface area (Å²) in [5.41, 5.74) is 0.802. The largest absolute Gasteiger partial charge is 0.321 e. The maximum atomic E-state index is 12.3. The summed E-state index contributed by atoms with van der Waals surface area (Å²) in [6, 6.07) is 15.4. The highest BCUT2D eigenvalue weighted by molar-refractivity contribution is 7.98. The zero-order valence-corrected chi connectivity index (χ0v) is 16.1. The van der Waals surface area contributed by atoms with Crippen LogP contribution in [0.4, 0.5) is 10.8 Å². The Morgan fingerprint density at radius 2 is 1.88 bits per heavy atom. The molecular formula is C17H15N3O3S3. The SMILES string of the molecule is CSc1cccc(NC(=O)c2csc(NS(=O)(=O)c3ccccc3)n2)c1. The number of thiazole rings is 1. The molecular weight excluding hydrogens is 390 g/mol. The van der Waals surface area contributed by atoms with Gasteiger partial charge in [-0.25, -0.2) is 13.4 Å². The second kappa shape index (κ2) is 7.90. The molecule has 3 rings (SSSR count). The first-order chi connectivity index (χ1) is 12.5. The molecule has 0 spiro atoms. The smallest absolute Gasteiger partial charge is 0.275 e. The van der Waals surface area contributed by atoms with Crippen molar-refractivity contribution in [1.82, 2.24) is 4.98 Å². The van der Waals surface area contributed by atoms with Crippen molar-refractivity contribution in [2.24, 2.45) is 0 Å². The first kappa shape index (κ1) is 18.4. The quantitative estimate of drug-likeness (QED) is 0.607. The van der Waals surface area contributed by atoms with Crippen molar-refractivity contribution in [3.63, 3.8) is 0 Å².